The number of carboxylic acids is 1. The molecule has 6 nitrogen and oxygen atoms in total. The van der Waals surface area contributed by atoms with Crippen LogP contribution >= 0.6 is 0 Å². The molecule has 0 spiro atoms. The van der Waals surface area contributed by atoms with Gasteiger partial charge in [0.15, 0.2) is 6.61 Å². The monoisotopic (exact) mass is 264 g/mol. The van der Waals surface area contributed by atoms with E-state index in [1.807, 2.05) is 30.1 Å². The van der Waals surface area contributed by atoms with Crippen LogP contribution in [-0.4, -0.2) is 42.1 Å². The van der Waals surface area contributed by atoms with Gasteiger partial charge in [0.2, 0.25) is 0 Å². The minimum Gasteiger partial charge on any atom is -0.482 e. The number of nitrogens with zero attached hydrogens (tertiary/aromatic N) is 1. The van der Waals surface area contributed by atoms with Crippen LogP contribution in [0.5, 0.6) is 5.75 Å². The fourth-order valence-electron chi connectivity index (χ4n) is 1.91. The Morgan fingerprint density at radius 2 is 2.32 bits per heavy atom. The summed E-state index contributed by atoms with van der Waals surface area (Å²) in [5, 5.41) is 11.4. The van der Waals surface area contributed by atoms with Crippen LogP contribution in [0.3, 0.4) is 0 Å². The molecule has 1 heterocycles. The zero-order valence-electron chi connectivity index (χ0n) is 10.7. The van der Waals surface area contributed by atoms with Gasteiger partial charge < -0.3 is 20.1 Å². The zero-order valence-corrected chi connectivity index (χ0v) is 10.7. The summed E-state index contributed by atoms with van der Waals surface area (Å²) >= 11 is 0. The molecular formula is C13H16N2O4. The van der Waals surface area contributed by atoms with Crippen LogP contribution in [0.15, 0.2) is 18.2 Å². The second-order valence-electron chi connectivity index (χ2n) is 4.55. The SMILES string of the molecule is CN(CCC(=O)O)Cc1ccc2c(c1)NC(=O)CO2. The maximum Gasteiger partial charge on any atom is 0.304 e. The lowest BCUT2D eigenvalue weighted by atomic mass is 10.1. The van der Waals surface area contributed by atoms with E-state index in [9.17, 15) is 9.59 Å². The van der Waals surface area contributed by atoms with Crippen molar-refractivity contribution in [3.8, 4) is 5.75 Å². The number of carbonyl (C=O) groups is 2. The lowest BCUT2D eigenvalue weighted by Crippen LogP contribution is -2.26. The van der Waals surface area contributed by atoms with E-state index in [1.165, 1.54) is 0 Å². The summed E-state index contributed by atoms with van der Waals surface area (Å²) in [7, 11) is 1.86. The molecule has 0 aromatic heterocycles. The largest absolute Gasteiger partial charge is 0.482 e. The molecule has 102 valence electrons. The third kappa shape index (κ3) is 3.69. The van der Waals surface area contributed by atoms with Crippen molar-refractivity contribution in [1.29, 1.82) is 0 Å². The molecule has 0 unspecified atom stereocenters. The van der Waals surface area contributed by atoms with E-state index >= 15 is 0 Å². The highest BCUT2D eigenvalue weighted by molar-refractivity contribution is 5.95. The molecule has 1 aliphatic heterocycles. The summed E-state index contributed by atoms with van der Waals surface area (Å²) in [6.45, 7) is 1.15. The molecule has 1 aromatic carbocycles. The topological polar surface area (TPSA) is 78.9 Å². The van der Waals surface area contributed by atoms with Gasteiger partial charge in [-0.3, -0.25) is 9.59 Å². The fourth-order valence-corrected chi connectivity index (χ4v) is 1.91. The number of aliphatic carboxylic acids is 1. The van der Waals surface area contributed by atoms with Crippen molar-refractivity contribution >= 4 is 17.6 Å². The third-order valence-electron chi connectivity index (χ3n) is 2.84. The maximum atomic E-state index is 11.2. The molecule has 6 heteroatoms. The number of nitrogens with one attached hydrogen (secondary N) is 1. The van der Waals surface area contributed by atoms with Gasteiger partial charge in [0.05, 0.1) is 12.1 Å². The minimum atomic E-state index is -0.807. The number of carbonyl (C=O) groups excluding carboxylic acids is 1. The Morgan fingerprint density at radius 3 is 3.05 bits per heavy atom. The van der Waals surface area contributed by atoms with Gasteiger partial charge in [0, 0.05) is 13.1 Å². The van der Waals surface area contributed by atoms with Gasteiger partial charge in [0.1, 0.15) is 5.75 Å². The first-order chi connectivity index (χ1) is 9.04. The molecule has 0 fully saturated rings. The van der Waals surface area contributed by atoms with Gasteiger partial charge in [0.25, 0.3) is 5.91 Å². The molecule has 2 rings (SSSR count). The first-order valence-corrected chi connectivity index (χ1v) is 6.00. The average molecular weight is 264 g/mol. The van der Waals surface area contributed by atoms with Gasteiger partial charge in [-0.1, -0.05) is 6.07 Å². The van der Waals surface area contributed by atoms with Crippen molar-refractivity contribution in [2.24, 2.45) is 0 Å². The number of amides is 1. The molecule has 0 radical (unpaired) electrons. The number of fused-ring (bicyclic) bond motifs is 1. The standard InChI is InChI=1S/C13H16N2O4/c1-15(5-4-13(17)18)7-9-2-3-11-10(6-9)14-12(16)8-19-11/h2-3,6H,4-5,7-8H2,1H3,(H,14,16)(H,17,18). The summed E-state index contributed by atoms with van der Waals surface area (Å²) in [6, 6.07) is 5.58. The van der Waals surface area contributed by atoms with Crippen molar-refractivity contribution in [3.05, 3.63) is 23.8 Å². The highest BCUT2D eigenvalue weighted by Crippen LogP contribution is 2.28. The van der Waals surface area contributed by atoms with Gasteiger partial charge in [-0.25, -0.2) is 0 Å². The number of carboxylic acid groups (broad SMARTS) is 1. The first kappa shape index (κ1) is 13.4. The van der Waals surface area contributed by atoms with Crippen LogP contribution in [-0.2, 0) is 16.1 Å². The van der Waals surface area contributed by atoms with Crippen LogP contribution < -0.4 is 10.1 Å². The van der Waals surface area contributed by atoms with E-state index in [-0.39, 0.29) is 18.9 Å². The number of ether oxygens (including phenoxy) is 1. The van der Waals surface area contributed by atoms with Crippen molar-refractivity contribution in [1.82, 2.24) is 4.90 Å². The molecule has 1 aromatic rings. The van der Waals surface area contributed by atoms with Gasteiger partial charge in [-0.15, -0.1) is 0 Å². The van der Waals surface area contributed by atoms with Gasteiger partial charge in [-0.2, -0.15) is 0 Å². The molecule has 2 N–H and O–H groups in total. The Balaban J connectivity index is 1.99. The minimum absolute atomic E-state index is 0.0465. The van der Waals surface area contributed by atoms with E-state index in [2.05, 4.69) is 5.32 Å². The highest BCUT2D eigenvalue weighted by atomic mass is 16.5. The molecule has 0 saturated heterocycles. The normalized spacial score (nSPS) is 13.7. The number of hydrogen-bond acceptors (Lipinski definition) is 4. The Labute approximate surface area is 111 Å². The predicted octanol–water partition coefficient (Wildman–Crippen LogP) is 0.924. The number of hydrogen-bond donors (Lipinski definition) is 2. The quantitative estimate of drug-likeness (QED) is 0.827. The van der Waals surface area contributed by atoms with E-state index in [0.717, 1.165) is 5.56 Å². The molecular weight excluding hydrogens is 248 g/mol. The van der Waals surface area contributed by atoms with Crippen LogP contribution in [0.2, 0.25) is 0 Å². The molecule has 0 bridgehead atoms. The van der Waals surface area contributed by atoms with Crippen LogP contribution in [0.4, 0.5) is 5.69 Å². The Hall–Kier alpha value is -2.08. The van der Waals surface area contributed by atoms with Gasteiger partial charge >= 0.3 is 5.97 Å². The maximum absolute atomic E-state index is 11.2. The highest BCUT2D eigenvalue weighted by Gasteiger charge is 2.16. The summed E-state index contributed by atoms with van der Waals surface area (Å²) < 4.78 is 5.27. The van der Waals surface area contributed by atoms with Crippen LogP contribution in [0.1, 0.15) is 12.0 Å². The predicted molar refractivity (Wildman–Crippen MR) is 69.2 cm³/mol. The zero-order chi connectivity index (χ0) is 13.8. The third-order valence-corrected chi connectivity index (χ3v) is 2.84. The van der Waals surface area contributed by atoms with Gasteiger partial charge in [-0.05, 0) is 24.7 Å². The first-order valence-electron chi connectivity index (χ1n) is 6.00. The molecule has 19 heavy (non-hydrogen) atoms. The summed E-state index contributed by atoms with van der Waals surface area (Å²) in [5.74, 6) is -0.307. The lowest BCUT2D eigenvalue weighted by molar-refractivity contribution is -0.137. The summed E-state index contributed by atoms with van der Waals surface area (Å²) in [5.41, 5.74) is 1.66. The van der Waals surface area contributed by atoms with Crippen LogP contribution in [0, 0.1) is 0 Å². The molecule has 0 aliphatic carbocycles. The van der Waals surface area contributed by atoms with E-state index in [4.69, 9.17) is 9.84 Å². The molecule has 0 saturated carbocycles. The van der Waals surface area contributed by atoms with E-state index in [0.29, 0.717) is 24.5 Å². The number of rotatable bonds is 5. The Bertz CT molecular complexity index is 501. The Morgan fingerprint density at radius 1 is 1.53 bits per heavy atom. The molecule has 0 atom stereocenters. The average Bonchev–Trinajstić information content (AvgIpc) is 2.36. The van der Waals surface area contributed by atoms with Crippen LogP contribution in [0.25, 0.3) is 0 Å². The van der Waals surface area contributed by atoms with Crippen molar-refractivity contribution in [3.63, 3.8) is 0 Å². The van der Waals surface area contributed by atoms with Crippen molar-refractivity contribution in [2.45, 2.75) is 13.0 Å². The smallest absolute Gasteiger partial charge is 0.304 e. The van der Waals surface area contributed by atoms with E-state index < -0.39 is 5.97 Å². The Kier molecular flexibility index (Phi) is 4.01. The second-order valence-corrected chi connectivity index (χ2v) is 4.55. The molecule has 1 aliphatic rings. The summed E-state index contributed by atoms with van der Waals surface area (Å²) in [4.78, 5) is 23.6. The fraction of sp³-hybridized carbons (Fsp3) is 0.385. The second kappa shape index (κ2) is 5.71. The molecule has 1 amide bonds. The lowest BCUT2D eigenvalue weighted by Gasteiger charge is -2.20. The van der Waals surface area contributed by atoms with Crippen molar-refractivity contribution < 1.29 is 19.4 Å². The summed E-state index contributed by atoms with van der Waals surface area (Å²) in [6.07, 6.45) is 0.112. The number of benzene rings is 1. The van der Waals surface area contributed by atoms with E-state index in [1.54, 1.807) is 0 Å². The number of anilines is 1. The van der Waals surface area contributed by atoms with Crippen molar-refractivity contribution in [2.75, 3.05) is 25.5 Å².